The van der Waals surface area contributed by atoms with Crippen LogP contribution in [0.25, 0.3) is 6.08 Å². The molecule has 1 atom stereocenters. The molecule has 2 aromatic rings. The van der Waals surface area contributed by atoms with E-state index >= 15 is 0 Å². The van der Waals surface area contributed by atoms with E-state index in [1.807, 2.05) is 24.3 Å². The van der Waals surface area contributed by atoms with Crippen LogP contribution in [0.5, 0.6) is 5.75 Å². The molecule has 2 aromatic carbocycles. The molecule has 0 unspecified atom stereocenters. The largest absolute Gasteiger partial charge is 0.507 e. The summed E-state index contributed by atoms with van der Waals surface area (Å²) in [7, 11) is 0. The number of hydrogen-bond donors (Lipinski definition) is 3. The Hall–Kier alpha value is -1.67. The average molecular weight is 452 g/mol. The Morgan fingerprint density at radius 2 is 2.04 bits per heavy atom. The van der Waals surface area contributed by atoms with Crippen molar-refractivity contribution in [2.75, 3.05) is 5.32 Å². The van der Waals surface area contributed by atoms with Crippen molar-refractivity contribution in [2.24, 2.45) is 0 Å². The molecule has 0 aliphatic carbocycles. The number of carbonyl (C=O) groups is 1. The van der Waals surface area contributed by atoms with E-state index < -0.39 is 0 Å². The normalized spacial score (nSPS) is 18.7. The highest BCUT2D eigenvalue weighted by atomic mass is 127. The monoisotopic (exact) mass is 452 g/mol. The van der Waals surface area contributed by atoms with E-state index in [9.17, 15) is 9.90 Å². The van der Waals surface area contributed by atoms with Gasteiger partial charge in [-0.05, 0) is 70.5 Å². The molecule has 1 amide bonds. The predicted octanol–water partition coefficient (Wildman–Crippen LogP) is 4.16. The summed E-state index contributed by atoms with van der Waals surface area (Å²) in [6, 6.07) is 13.5. The van der Waals surface area contributed by atoms with Crippen molar-refractivity contribution in [3.63, 3.8) is 0 Å². The van der Waals surface area contributed by atoms with Crippen molar-refractivity contribution < 1.29 is 9.90 Å². The van der Waals surface area contributed by atoms with Gasteiger partial charge in [0.15, 0.2) is 5.50 Å². The lowest BCUT2D eigenvalue weighted by atomic mass is 10.1. The van der Waals surface area contributed by atoms with Crippen LogP contribution in [0.2, 0.25) is 0 Å². The summed E-state index contributed by atoms with van der Waals surface area (Å²) in [4.78, 5) is 12.8. The van der Waals surface area contributed by atoms with Crippen molar-refractivity contribution >= 4 is 52.0 Å². The van der Waals surface area contributed by atoms with Gasteiger partial charge in [-0.2, -0.15) is 0 Å². The molecule has 0 spiro atoms. The molecule has 0 saturated carbocycles. The Labute approximate surface area is 158 Å². The Balaban J connectivity index is 1.70. The van der Waals surface area contributed by atoms with Crippen LogP contribution >= 0.6 is 34.4 Å². The van der Waals surface area contributed by atoms with Gasteiger partial charge in [0.25, 0.3) is 5.91 Å². The molecule has 1 saturated heterocycles. The number of thioether (sulfide) groups is 1. The van der Waals surface area contributed by atoms with Crippen molar-refractivity contribution in [1.29, 1.82) is 0 Å². The number of phenolic OH excluding ortho intramolecular Hbond substituents is 1. The molecule has 3 rings (SSSR count). The molecule has 0 radical (unpaired) electrons. The molecular weight excluding hydrogens is 435 g/mol. The second kappa shape index (κ2) is 7.48. The third kappa shape index (κ3) is 4.05. The Kier molecular flexibility index (Phi) is 5.35. The van der Waals surface area contributed by atoms with Gasteiger partial charge < -0.3 is 15.7 Å². The summed E-state index contributed by atoms with van der Waals surface area (Å²) in [5.41, 5.74) is 2.96. The van der Waals surface area contributed by atoms with Gasteiger partial charge in [-0.15, -0.1) is 0 Å². The summed E-state index contributed by atoms with van der Waals surface area (Å²) in [6.45, 7) is 2.12. The Bertz CT molecular complexity index is 790. The fourth-order valence-electron chi connectivity index (χ4n) is 2.32. The smallest absolute Gasteiger partial charge is 0.260 e. The standard InChI is InChI=1S/C18H17IN2O2S/c1-2-11-3-6-13(7-4-11)20-18-21-17(23)16(24-18)10-12-5-8-15(22)14(19)9-12/h3-10,18,20,22H,2H2,1H3,(H,21,23)/b16-10-/t18-/m0/s1. The summed E-state index contributed by atoms with van der Waals surface area (Å²) < 4.78 is 0.760. The summed E-state index contributed by atoms with van der Waals surface area (Å²) in [6.07, 6.45) is 2.84. The maximum atomic E-state index is 12.1. The van der Waals surface area contributed by atoms with Crippen LogP contribution in [0.4, 0.5) is 5.69 Å². The van der Waals surface area contributed by atoms with Crippen LogP contribution in [-0.4, -0.2) is 16.5 Å². The number of hydrogen-bond acceptors (Lipinski definition) is 4. The lowest BCUT2D eigenvalue weighted by Crippen LogP contribution is -2.30. The molecule has 1 aliphatic rings. The minimum atomic E-state index is -0.188. The molecule has 1 heterocycles. The number of benzene rings is 2. The fraction of sp³-hybridized carbons (Fsp3) is 0.167. The second-order valence-corrected chi connectivity index (χ2v) is 7.69. The molecular formula is C18H17IN2O2S. The van der Waals surface area contributed by atoms with E-state index in [4.69, 9.17) is 0 Å². The first-order valence-electron chi connectivity index (χ1n) is 7.58. The molecule has 1 aliphatic heterocycles. The molecule has 1 fully saturated rings. The van der Waals surface area contributed by atoms with Crippen molar-refractivity contribution in [1.82, 2.24) is 5.32 Å². The number of nitrogens with one attached hydrogen (secondary N) is 2. The first-order valence-corrected chi connectivity index (χ1v) is 9.54. The molecule has 0 aromatic heterocycles. The second-order valence-electron chi connectivity index (χ2n) is 5.39. The van der Waals surface area contributed by atoms with Gasteiger partial charge in [0, 0.05) is 5.69 Å². The maximum Gasteiger partial charge on any atom is 0.260 e. The maximum absolute atomic E-state index is 12.1. The lowest BCUT2D eigenvalue weighted by Gasteiger charge is -2.12. The highest BCUT2D eigenvalue weighted by molar-refractivity contribution is 14.1. The van der Waals surface area contributed by atoms with Gasteiger partial charge in [0.2, 0.25) is 0 Å². The minimum absolute atomic E-state index is 0.0919. The van der Waals surface area contributed by atoms with E-state index in [-0.39, 0.29) is 17.2 Å². The van der Waals surface area contributed by atoms with Crippen molar-refractivity contribution in [3.05, 3.63) is 62.1 Å². The number of rotatable bonds is 4. The Morgan fingerprint density at radius 1 is 1.29 bits per heavy atom. The van der Waals surface area contributed by atoms with Gasteiger partial charge in [0.1, 0.15) is 5.75 Å². The molecule has 0 bridgehead atoms. The van der Waals surface area contributed by atoms with Crippen LogP contribution in [0.3, 0.4) is 0 Å². The van der Waals surface area contributed by atoms with Crippen LogP contribution in [0.15, 0.2) is 47.4 Å². The van der Waals surface area contributed by atoms with E-state index in [2.05, 4.69) is 52.3 Å². The summed E-state index contributed by atoms with van der Waals surface area (Å²) in [5.74, 6) is 0.155. The highest BCUT2D eigenvalue weighted by Gasteiger charge is 2.27. The topological polar surface area (TPSA) is 61.4 Å². The van der Waals surface area contributed by atoms with E-state index in [0.717, 1.165) is 21.2 Å². The average Bonchev–Trinajstić information content (AvgIpc) is 2.91. The van der Waals surface area contributed by atoms with Gasteiger partial charge in [0.05, 0.1) is 8.48 Å². The molecule has 24 heavy (non-hydrogen) atoms. The number of aryl methyl sites for hydroxylation is 1. The Morgan fingerprint density at radius 3 is 2.71 bits per heavy atom. The predicted molar refractivity (Wildman–Crippen MR) is 108 cm³/mol. The van der Waals surface area contributed by atoms with E-state index in [0.29, 0.717) is 4.91 Å². The number of aromatic hydroxyl groups is 1. The number of amides is 1. The zero-order chi connectivity index (χ0) is 17.1. The van der Waals surface area contributed by atoms with Crippen molar-refractivity contribution in [2.45, 2.75) is 18.8 Å². The SMILES string of the molecule is CCc1ccc(N[C@H]2NC(=O)/C(=C/c3ccc(O)c(I)c3)S2)cc1. The third-order valence-electron chi connectivity index (χ3n) is 3.66. The van der Waals surface area contributed by atoms with Crippen LogP contribution < -0.4 is 10.6 Å². The van der Waals surface area contributed by atoms with Crippen LogP contribution in [-0.2, 0) is 11.2 Å². The number of anilines is 1. The fourth-order valence-corrected chi connectivity index (χ4v) is 3.84. The molecule has 6 heteroatoms. The summed E-state index contributed by atoms with van der Waals surface area (Å²) >= 11 is 3.52. The molecule has 4 nitrogen and oxygen atoms in total. The van der Waals surface area contributed by atoms with E-state index in [1.165, 1.54) is 17.3 Å². The first-order chi connectivity index (χ1) is 11.5. The zero-order valence-electron chi connectivity index (χ0n) is 13.0. The number of carbonyl (C=O) groups excluding carboxylic acids is 1. The van der Waals surface area contributed by atoms with Crippen LogP contribution in [0.1, 0.15) is 18.1 Å². The van der Waals surface area contributed by atoms with Gasteiger partial charge in [-0.3, -0.25) is 4.79 Å². The number of halogens is 1. The van der Waals surface area contributed by atoms with Gasteiger partial charge in [-0.25, -0.2) is 0 Å². The van der Waals surface area contributed by atoms with Crippen LogP contribution in [0, 0.1) is 3.57 Å². The van der Waals surface area contributed by atoms with Gasteiger partial charge >= 0.3 is 0 Å². The number of phenols is 1. The quantitative estimate of drug-likeness (QED) is 0.482. The minimum Gasteiger partial charge on any atom is -0.507 e. The van der Waals surface area contributed by atoms with Gasteiger partial charge in [-0.1, -0.05) is 36.9 Å². The molecule has 3 N–H and O–H groups in total. The highest BCUT2D eigenvalue weighted by Crippen LogP contribution is 2.31. The van der Waals surface area contributed by atoms with E-state index in [1.54, 1.807) is 12.1 Å². The summed E-state index contributed by atoms with van der Waals surface area (Å²) in [5, 5.41) is 15.8. The third-order valence-corrected chi connectivity index (χ3v) is 5.55. The molecule has 124 valence electrons. The van der Waals surface area contributed by atoms with Crippen molar-refractivity contribution in [3.8, 4) is 5.75 Å². The lowest BCUT2D eigenvalue weighted by molar-refractivity contribution is -0.116. The first kappa shape index (κ1) is 17.2. The zero-order valence-corrected chi connectivity index (χ0v) is 16.0.